The molecule has 3 fully saturated rings. The average molecular weight is 553 g/mol. The van der Waals surface area contributed by atoms with Crippen molar-refractivity contribution in [2.75, 3.05) is 56.2 Å². The first-order chi connectivity index (χ1) is 19.1. The lowest BCUT2D eigenvalue weighted by molar-refractivity contribution is -0.149. The molecule has 4 rings (SSSR count). The van der Waals surface area contributed by atoms with Crippen molar-refractivity contribution in [1.82, 2.24) is 9.80 Å². The molecule has 218 valence electrons. The number of carbonyl (C=O) groups is 3. The number of aliphatic hydroxyl groups excluding tert-OH is 1. The Morgan fingerprint density at radius 3 is 2.27 bits per heavy atom. The van der Waals surface area contributed by atoms with E-state index in [0.717, 1.165) is 18.8 Å². The molecule has 2 bridgehead atoms. The van der Waals surface area contributed by atoms with Crippen molar-refractivity contribution in [2.45, 2.75) is 57.3 Å². The van der Waals surface area contributed by atoms with Crippen LogP contribution in [0.2, 0.25) is 0 Å². The first-order valence-corrected chi connectivity index (χ1v) is 14.4. The van der Waals surface area contributed by atoms with E-state index in [9.17, 15) is 19.5 Å². The zero-order valence-corrected chi connectivity index (χ0v) is 24.3. The fourth-order valence-corrected chi connectivity index (χ4v) is 7.12. The van der Waals surface area contributed by atoms with Gasteiger partial charge in [0.25, 0.3) is 5.91 Å². The first kappa shape index (κ1) is 29.8. The molecule has 9 nitrogen and oxygen atoms in total. The number of rotatable bonds is 13. The highest BCUT2D eigenvalue weighted by Crippen LogP contribution is 2.63. The fourth-order valence-electron chi connectivity index (χ4n) is 7.12. The van der Waals surface area contributed by atoms with E-state index >= 15 is 0 Å². The van der Waals surface area contributed by atoms with Gasteiger partial charge < -0.3 is 29.4 Å². The molecule has 5 atom stereocenters. The van der Waals surface area contributed by atoms with Crippen LogP contribution < -0.4 is 9.80 Å². The summed E-state index contributed by atoms with van der Waals surface area (Å²) in [6.07, 6.45) is 4.73. The number of hydrogen-bond donors (Lipinski definition) is 1. The van der Waals surface area contributed by atoms with Crippen LogP contribution in [0.1, 0.15) is 40.0 Å². The number of amides is 3. The second kappa shape index (κ2) is 11.7. The topological polar surface area (TPSA) is 93.6 Å². The fraction of sp³-hybridized carbons (Fsp3) is 0.581. The highest BCUT2D eigenvalue weighted by atomic mass is 16.5. The van der Waals surface area contributed by atoms with Gasteiger partial charge in [0.05, 0.1) is 17.4 Å². The summed E-state index contributed by atoms with van der Waals surface area (Å²) in [4.78, 5) is 49.4. The number of carbonyl (C=O) groups excluding carboxylic acids is 3. The third-order valence-electron chi connectivity index (χ3n) is 8.98. The molecule has 3 heterocycles. The molecular formula is C31H44N4O5. The molecule has 40 heavy (non-hydrogen) atoms. The maximum atomic E-state index is 14.6. The first-order valence-electron chi connectivity index (χ1n) is 14.4. The van der Waals surface area contributed by atoms with Crippen molar-refractivity contribution in [2.24, 2.45) is 11.8 Å². The molecule has 0 aliphatic carbocycles. The van der Waals surface area contributed by atoms with Crippen molar-refractivity contribution < 1.29 is 24.2 Å². The lowest BCUT2D eigenvalue weighted by atomic mass is 9.66. The summed E-state index contributed by atoms with van der Waals surface area (Å²) >= 11 is 0. The van der Waals surface area contributed by atoms with Gasteiger partial charge in [-0.1, -0.05) is 12.2 Å². The van der Waals surface area contributed by atoms with Crippen LogP contribution in [0.25, 0.3) is 0 Å². The summed E-state index contributed by atoms with van der Waals surface area (Å²) in [5.74, 6) is -2.16. The molecule has 3 aliphatic rings. The van der Waals surface area contributed by atoms with Gasteiger partial charge in [0.2, 0.25) is 11.8 Å². The van der Waals surface area contributed by atoms with Crippen LogP contribution >= 0.6 is 0 Å². The minimum atomic E-state index is -1.12. The Morgan fingerprint density at radius 1 is 1.07 bits per heavy atom. The van der Waals surface area contributed by atoms with Gasteiger partial charge in [-0.15, -0.1) is 13.2 Å². The second-order valence-corrected chi connectivity index (χ2v) is 11.3. The predicted molar refractivity (Wildman–Crippen MR) is 156 cm³/mol. The molecule has 9 heteroatoms. The van der Waals surface area contributed by atoms with Gasteiger partial charge in [-0.25, -0.2) is 0 Å². The smallest absolute Gasteiger partial charge is 0.253 e. The van der Waals surface area contributed by atoms with Crippen molar-refractivity contribution in [3.63, 3.8) is 0 Å². The Hall–Kier alpha value is -3.17. The molecule has 1 aromatic carbocycles. The number of likely N-dealkylation sites (N-methyl/N-ethyl adjacent to an activating group) is 1. The highest BCUT2D eigenvalue weighted by molar-refractivity contribution is 6.05. The molecule has 3 aliphatic heterocycles. The minimum Gasteiger partial charge on any atom is -0.396 e. The van der Waals surface area contributed by atoms with Gasteiger partial charge in [-0.2, -0.15) is 0 Å². The van der Waals surface area contributed by atoms with Crippen LogP contribution in [0.5, 0.6) is 0 Å². The third kappa shape index (κ3) is 4.73. The van der Waals surface area contributed by atoms with Crippen molar-refractivity contribution in [3.8, 4) is 0 Å². The number of fused-ring (bicyclic) bond motifs is 1. The Morgan fingerprint density at radius 2 is 1.70 bits per heavy atom. The number of hydrogen-bond acceptors (Lipinski definition) is 6. The van der Waals surface area contributed by atoms with Gasteiger partial charge >= 0.3 is 0 Å². The molecule has 1 spiro atoms. The van der Waals surface area contributed by atoms with E-state index in [2.05, 4.69) is 31.9 Å². The third-order valence-corrected chi connectivity index (χ3v) is 8.98. The largest absolute Gasteiger partial charge is 0.396 e. The van der Waals surface area contributed by atoms with Crippen LogP contribution in [0.3, 0.4) is 0 Å². The van der Waals surface area contributed by atoms with Gasteiger partial charge in [0.1, 0.15) is 11.6 Å². The number of ether oxygens (including phenoxy) is 1. The Bertz CT molecular complexity index is 1140. The van der Waals surface area contributed by atoms with Crippen LogP contribution in [0, 0.1) is 11.8 Å². The molecule has 3 saturated heterocycles. The van der Waals surface area contributed by atoms with E-state index in [1.165, 1.54) is 0 Å². The summed E-state index contributed by atoms with van der Waals surface area (Å²) in [6, 6.07) is 6.93. The predicted octanol–water partition coefficient (Wildman–Crippen LogP) is 2.84. The lowest BCUT2D eigenvalue weighted by Gasteiger charge is -2.37. The lowest BCUT2D eigenvalue weighted by Crippen LogP contribution is -2.56. The van der Waals surface area contributed by atoms with Crippen LogP contribution in [0.15, 0.2) is 49.6 Å². The Kier molecular flexibility index (Phi) is 8.75. The maximum absolute atomic E-state index is 14.6. The van der Waals surface area contributed by atoms with E-state index < -0.39 is 29.1 Å². The van der Waals surface area contributed by atoms with E-state index in [-0.39, 0.29) is 37.4 Å². The number of anilines is 2. The number of benzene rings is 1. The Balaban J connectivity index is 1.75. The van der Waals surface area contributed by atoms with Gasteiger partial charge in [-0.3, -0.25) is 14.4 Å². The second-order valence-electron chi connectivity index (χ2n) is 11.3. The zero-order chi connectivity index (χ0) is 29.2. The van der Waals surface area contributed by atoms with Crippen molar-refractivity contribution in [3.05, 3.63) is 49.6 Å². The van der Waals surface area contributed by atoms with Gasteiger partial charge in [0.15, 0.2) is 0 Å². The molecular weight excluding hydrogens is 508 g/mol. The molecule has 1 aromatic rings. The number of aliphatic hydroxyl groups is 1. The summed E-state index contributed by atoms with van der Waals surface area (Å²) in [7, 11) is 1.70. The molecule has 1 N–H and O–H groups in total. The summed E-state index contributed by atoms with van der Waals surface area (Å²) in [5, 5.41) is 9.61. The SMILES string of the molecule is C=CCN(C)C(=O)[C@@H]1[C@H]2C(=O)N(CCCO)C(C(=O)N(CC=C)c3ccc(N(CC)CC)cc3)C23CC[C@@]1(C)O3. The summed E-state index contributed by atoms with van der Waals surface area (Å²) in [5.41, 5.74) is -0.195. The minimum absolute atomic E-state index is 0.117. The van der Waals surface area contributed by atoms with Crippen LogP contribution in [-0.4, -0.2) is 96.3 Å². The monoisotopic (exact) mass is 552 g/mol. The van der Waals surface area contributed by atoms with Crippen LogP contribution in [0.4, 0.5) is 11.4 Å². The number of likely N-dealkylation sites (tertiary alicyclic amines) is 1. The van der Waals surface area contributed by atoms with E-state index in [0.29, 0.717) is 31.5 Å². The quantitative estimate of drug-likeness (QED) is 0.379. The van der Waals surface area contributed by atoms with Crippen molar-refractivity contribution in [1.29, 1.82) is 0 Å². The zero-order valence-electron chi connectivity index (χ0n) is 24.3. The van der Waals surface area contributed by atoms with E-state index in [4.69, 9.17) is 4.74 Å². The summed E-state index contributed by atoms with van der Waals surface area (Å²) < 4.78 is 6.71. The Labute approximate surface area is 238 Å². The van der Waals surface area contributed by atoms with Gasteiger partial charge in [-0.05, 0) is 64.3 Å². The van der Waals surface area contributed by atoms with E-state index in [1.807, 2.05) is 31.2 Å². The molecule has 0 saturated carbocycles. The van der Waals surface area contributed by atoms with E-state index in [1.54, 1.807) is 33.9 Å². The molecule has 3 amide bonds. The van der Waals surface area contributed by atoms with Crippen LogP contribution in [-0.2, 0) is 19.1 Å². The average Bonchev–Trinajstić information content (AvgIpc) is 3.51. The molecule has 0 aromatic heterocycles. The standard InChI is InChI=1S/C31H44N4O5/c1-7-18-32(6)27(37)24-25-28(38)35(20-11-21-36)26(31(25)17-16-30(24,5)40-31)29(39)34(19-8-2)23-14-12-22(13-15-23)33(9-3)10-4/h7-8,12-15,24-26,36H,1-2,9-11,16-21H2,3-6H3/t24-,25-,26?,30+,31?/m0/s1. The summed E-state index contributed by atoms with van der Waals surface area (Å²) in [6.45, 7) is 16.2. The normalized spacial score (nSPS) is 28.4. The van der Waals surface area contributed by atoms with Gasteiger partial charge in [0, 0.05) is 57.8 Å². The molecule has 2 unspecified atom stereocenters. The molecule has 0 radical (unpaired) electrons. The van der Waals surface area contributed by atoms with Crippen molar-refractivity contribution >= 4 is 29.1 Å². The maximum Gasteiger partial charge on any atom is 0.253 e. The number of nitrogens with zero attached hydrogens (tertiary/aromatic N) is 4. The highest BCUT2D eigenvalue weighted by Gasteiger charge is 2.78.